The molecule has 120 valence electrons. The Kier molecular flexibility index (Phi) is 3.57. The van der Waals surface area contributed by atoms with Gasteiger partial charge in [0.2, 0.25) is 0 Å². The highest BCUT2D eigenvalue weighted by atomic mass is 32.2. The van der Waals surface area contributed by atoms with Gasteiger partial charge >= 0.3 is 0 Å². The zero-order chi connectivity index (χ0) is 16.1. The van der Waals surface area contributed by atoms with Crippen LogP contribution in [0.1, 0.15) is 47.3 Å². The van der Waals surface area contributed by atoms with Crippen LogP contribution in [-0.4, -0.2) is 19.5 Å². The topological polar surface area (TPSA) is 63.6 Å². The molecule has 4 rings (SSSR count). The largest absolute Gasteiger partial charge is 0.323 e. The van der Waals surface area contributed by atoms with E-state index in [4.69, 9.17) is 4.98 Å². The first-order valence-electron chi connectivity index (χ1n) is 7.74. The predicted molar refractivity (Wildman–Crippen MR) is 94.5 cm³/mol. The molecule has 23 heavy (non-hydrogen) atoms. The van der Waals surface area contributed by atoms with Gasteiger partial charge in [-0.05, 0) is 39.2 Å². The quantitative estimate of drug-likeness (QED) is 0.726. The summed E-state index contributed by atoms with van der Waals surface area (Å²) >= 11 is 3.24. The van der Waals surface area contributed by atoms with E-state index >= 15 is 0 Å². The van der Waals surface area contributed by atoms with E-state index in [1.165, 1.54) is 12.8 Å². The van der Waals surface area contributed by atoms with Gasteiger partial charge in [0.15, 0.2) is 5.16 Å². The van der Waals surface area contributed by atoms with Crippen LogP contribution in [0.3, 0.4) is 0 Å². The molecule has 1 fully saturated rings. The summed E-state index contributed by atoms with van der Waals surface area (Å²) in [7, 11) is 0. The molecule has 1 aliphatic carbocycles. The number of nitrogens with zero attached hydrogens (tertiary/aromatic N) is 3. The second kappa shape index (κ2) is 5.49. The Hall–Kier alpha value is -1.60. The molecule has 0 bridgehead atoms. The van der Waals surface area contributed by atoms with E-state index in [-0.39, 0.29) is 10.8 Å². The van der Waals surface area contributed by atoms with E-state index in [9.17, 15) is 4.79 Å². The van der Waals surface area contributed by atoms with Crippen LogP contribution >= 0.6 is 23.1 Å². The second-order valence-electron chi connectivity index (χ2n) is 6.02. The number of aromatic nitrogens is 4. The van der Waals surface area contributed by atoms with Crippen molar-refractivity contribution in [2.75, 3.05) is 0 Å². The van der Waals surface area contributed by atoms with Crippen molar-refractivity contribution < 1.29 is 0 Å². The molecule has 0 saturated heterocycles. The van der Waals surface area contributed by atoms with Gasteiger partial charge < -0.3 is 9.55 Å². The molecule has 3 aromatic rings. The fourth-order valence-electron chi connectivity index (χ4n) is 2.70. The van der Waals surface area contributed by atoms with Crippen LogP contribution in [0.5, 0.6) is 0 Å². The van der Waals surface area contributed by atoms with Crippen molar-refractivity contribution in [3.05, 3.63) is 39.0 Å². The highest BCUT2D eigenvalue weighted by Gasteiger charge is 2.26. The molecule has 5 nitrogen and oxygen atoms in total. The first-order chi connectivity index (χ1) is 11.0. The molecular formula is C16H18N4OS2. The van der Waals surface area contributed by atoms with Gasteiger partial charge in [-0.3, -0.25) is 4.79 Å². The molecule has 0 spiro atoms. The third-order valence-corrected chi connectivity index (χ3v) is 6.50. The van der Waals surface area contributed by atoms with Crippen LogP contribution < -0.4 is 5.56 Å². The van der Waals surface area contributed by atoms with Crippen LogP contribution in [-0.2, 0) is 0 Å². The number of rotatable bonds is 4. The number of fused-ring (bicyclic) bond motifs is 1. The minimum Gasteiger partial charge on any atom is -0.323 e. The van der Waals surface area contributed by atoms with Crippen molar-refractivity contribution in [3.63, 3.8) is 0 Å². The van der Waals surface area contributed by atoms with E-state index in [2.05, 4.69) is 21.5 Å². The van der Waals surface area contributed by atoms with Gasteiger partial charge in [0.05, 0.1) is 10.6 Å². The molecule has 1 N–H and O–H groups in total. The minimum absolute atomic E-state index is 0.0372. The molecule has 7 heteroatoms. The summed E-state index contributed by atoms with van der Waals surface area (Å²) in [6.45, 7) is 6.08. The lowest BCUT2D eigenvalue weighted by Crippen LogP contribution is -2.12. The monoisotopic (exact) mass is 346 g/mol. The van der Waals surface area contributed by atoms with Gasteiger partial charge in [-0.1, -0.05) is 11.8 Å². The van der Waals surface area contributed by atoms with Crippen LogP contribution in [0.4, 0.5) is 0 Å². The van der Waals surface area contributed by atoms with Gasteiger partial charge in [0.25, 0.3) is 5.56 Å². The van der Waals surface area contributed by atoms with Crippen molar-refractivity contribution in [2.45, 2.75) is 50.1 Å². The summed E-state index contributed by atoms with van der Waals surface area (Å²) in [5.74, 6) is 0.721. The highest BCUT2D eigenvalue weighted by Crippen LogP contribution is 2.40. The van der Waals surface area contributed by atoms with Crippen LogP contribution in [0, 0.1) is 13.8 Å². The first kappa shape index (κ1) is 15.0. The summed E-state index contributed by atoms with van der Waals surface area (Å²) in [6.07, 6.45) is 6.34. The SMILES string of the molecule is Cc1sc2nc([C@@H](C)Sc3nccn3C3CC3)[nH]c(=O)c2c1C. The zero-order valence-corrected chi connectivity index (χ0v) is 14.9. The van der Waals surface area contributed by atoms with Gasteiger partial charge in [-0.25, -0.2) is 9.97 Å². The van der Waals surface area contributed by atoms with Crippen LogP contribution in [0.25, 0.3) is 10.2 Å². The van der Waals surface area contributed by atoms with Crippen LogP contribution in [0.15, 0.2) is 22.3 Å². The number of hydrogen-bond acceptors (Lipinski definition) is 5. The third kappa shape index (κ3) is 2.61. The summed E-state index contributed by atoms with van der Waals surface area (Å²) in [5, 5.41) is 1.78. The van der Waals surface area contributed by atoms with E-state index < -0.39 is 0 Å². The lowest BCUT2D eigenvalue weighted by molar-refractivity contribution is 0.661. The number of thiophene rings is 1. The fraction of sp³-hybridized carbons (Fsp3) is 0.438. The maximum absolute atomic E-state index is 12.4. The Morgan fingerprint density at radius 2 is 2.22 bits per heavy atom. The summed E-state index contributed by atoms with van der Waals surface area (Å²) in [5.41, 5.74) is 1.000. The van der Waals surface area contributed by atoms with E-state index in [0.717, 1.165) is 31.6 Å². The molecule has 1 atom stereocenters. The number of thioether (sulfide) groups is 1. The lowest BCUT2D eigenvalue weighted by atomic mass is 10.2. The standard InChI is InChI=1S/C16H18N4OS2/c1-8-9(2)22-15-12(8)14(21)18-13(19-15)10(3)23-16-17-6-7-20(16)11-4-5-11/h6-7,10-11H,4-5H2,1-3H3,(H,18,19,21)/t10-/m1/s1. The van der Waals surface area contributed by atoms with Crippen molar-refractivity contribution in [2.24, 2.45) is 0 Å². The molecule has 3 heterocycles. The smallest absolute Gasteiger partial charge is 0.259 e. The van der Waals surface area contributed by atoms with Gasteiger partial charge in [0.1, 0.15) is 10.7 Å². The van der Waals surface area contributed by atoms with Crippen molar-refractivity contribution in [1.29, 1.82) is 0 Å². The third-order valence-electron chi connectivity index (χ3n) is 4.30. The Morgan fingerprint density at radius 1 is 1.43 bits per heavy atom. The average Bonchev–Trinajstić information content (AvgIpc) is 3.18. The molecule has 0 radical (unpaired) electrons. The molecule has 1 aliphatic rings. The van der Waals surface area contributed by atoms with Crippen molar-refractivity contribution >= 4 is 33.3 Å². The summed E-state index contributed by atoms with van der Waals surface area (Å²) in [4.78, 5) is 26.5. The number of aromatic amines is 1. The normalized spacial score (nSPS) is 16.1. The Balaban J connectivity index is 1.68. The van der Waals surface area contributed by atoms with Gasteiger partial charge in [-0.2, -0.15) is 0 Å². The highest BCUT2D eigenvalue weighted by molar-refractivity contribution is 7.99. The van der Waals surface area contributed by atoms with Gasteiger partial charge in [-0.15, -0.1) is 11.3 Å². The molecule has 0 amide bonds. The van der Waals surface area contributed by atoms with Gasteiger partial charge in [0, 0.05) is 23.3 Å². The molecule has 3 aromatic heterocycles. The van der Waals surface area contributed by atoms with Crippen molar-refractivity contribution in [1.82, 2.24) is 19.5 Å². The number of H-pyrrole nitrogens is 1. The fourth-order valence-corrected chi connectivity index (χ4v) is 4.73. The molecule has 0 unspecified atom stereocenters. The van der Waals surface area contributed by atoms with Crippen LogP contribution in [0.2, 0.25) is 0 Å². The second-order valence-corrected chi connectivity index (χ2v) is 8.53. The summed E-state index contributed by atoms with van der Waals surface area (Å²) in [6, 6.07) is 0.601. The molecule has 1 saturated carbocycles. The zero-order valence-electron chi connectivity index (χ0n) is 13.3. The number of imidazole rings is 1. The Labute approximate surface area is 142 Å². The molecular weight excluding hydrogens is 328 g/mol. The molecule has 0 aliphatic heterocycles. The maximum atomic E-state index is 12.4. The van der Waals surface area contributed by atoms with E-state index in [1.54, 1.807) is 23.1 Å². The predicted octanol–water partition coefficient (Wildman–Crippen LogP) is 3.99. The summed E-state index contributed by atoms with van der Waals surface area (Å²) < 4.78 is 2.23. The van der Waals surface area contributed by atoms with E-state index in [0.29, 0.717) is 6.04 Å². The average molecular weight is 346 g/mol. The maximum Gasteiger partial charge on any atom is 0.259 e. The number of aryl methyl sites for hydroxylation is 2. The number of nitrogens with one attached hydrogen (secondary N) is 1. The first-order valence-corrected chi connectivity index (χ1v) is 9.43. The Bertz CT molecular complexity index is 935. The van der Waals surface area contributed by atoms with Crippen molar-refractivity contribution in [3.8, 4) is 0 Å². The molecule has 0 aromatic carbocycles. The Morgan fingerprint density at radius 3 is 2.96 bits per heavy atom. The van der Waals surface area contributed by atoms with E-state index in [1.807, 2.05) is 26.2 Å². The number of hydrogen-bond donors (Lipinski definition) is 1. The lowest BCUT2D eigenvalue weighted by Gasteiger charge is -2.11. The minimum atomic E-state index is -0.0372.